The number of methoxy groups -OCH3 is 3. The minimum absolute atomic E-state index is 0.134. The average Bonchev–Trinajstić information content (AvgIpc) is 2.87. The summed E-state index contributed by atoms with van der Waals surface area (Å²) < 4.78 is 43.5. The highest BCUT2D eigenvalue weighted by molar-refractivity contribution is 6.09. The molecule has 0 bridgehead atoms. The molecular weight excluding hydrogens is 500 g/mol. The number of hydrogen-bond donors (Lipinski definition) is 3. The maximum absolute atomic E-state index is 13.8. The minimum Gasteiger partial charge on any atom is -0.493 e. The lowest BCUT2D eigenvalue weighted by molar-refractivity contribution is -0.124. The van der Waals surface area contributed by atoms with Crippen molar-refractivity contribution in [3.63, 3.8) is 0 Å². The van der Waals surface area contributed by atoms with Gasteiger partial charge in [0, 0.05) is 18.6 Å². The van der Waals surface area contributed by atoms with Gasteiger partial charge in [-0.3, -0.25) is 14.4 Å². The summed E-state index contributed by atoms with van der Waals surface area (Å²) >= 11 is 0. The van der Waals surface area contributed by atoms with Crippen molar-refractivity contribution >= 4 is 29.1 Å². The van der Waals surface area contributed by atoms with Crippen LogP contribution in [0, 0.1) is 11.6 Å². The Labute approximate surface area is 218 Å². The Kier molecular flexibility index (Phi) is 8.85. The molecule has 0 aromatic heterocycles. The van der Waals surface area contributed by atoms with Crippen LogP contribution in [-0.4, -0.2) is 45.1 Å². The monoisotopic (exact) mass is 527 g/mol. The fourth-order valence-electron chi connectivity index (χ4n) is 3.67. The summed E-state index contributed by atoms with van der Waals surface area (Å²) in [5, 5.41) is 7.83. The molecule has 0 spiro atoms. The van der Waals surface area contributed by atoms with Gasteiger partial charge in [-0.25, -0.2) is 8.78 Å². The van der Waals surface area contributed by atoms with Crippen LogP contribution in [0.25, 0.3) is 11.1 Å². The molecule has 3 amide bonds. The van der Waals surface area contributed by atoms with Crippen molar-refractivity contribution in [3.05, 3.63) is 65.7 Å². The van der Waals surface area contributed by atoms with Gasteiger partial charge in [-0.05, 0) is 54.4 Å². The molecule has 3 aromatic rings. The second-order valence-corrected chi connectivity index (χ2v) is 8.20. The summed E-state index contributed by atoms with van der Waals surface area (Å²) in [5.41, 5.74) is 1.08. The van der Waals surface area contributed by atoms with Gasteiger partial charge in [0.1, 0.15) is 17.7 Å². The Morgan fingerprint density at radius 2 is 1.37 bits per heavy atom. The molecule has 0 saturated carbocycles. The summed E-state index contributed by atoms with van der Waals surface area (Å²) in [5.74, 6) is -2.28. The molecule has 9 nitrogen and oxygen atoms in total. The maximum atomic E-state index is 13.8. The zero-order valence-corrected chi connectivity index (χ0v) is 21.4. The fraction of sp³-hybridized carbons (Fsp3) is 0.222. The first kappa shape index (κ1) is 27.9. The number of benzene rings is 3. The van der Waals surface area contributed by atoms with Crippen LogP contribution in [0.4, 0.5) is 20.2 Å². The van der Waals surface area contributed by atoms with Crippen molar-refractivity contribution in [1.82, 2.24) is 5.32 Å². The van der Waals surface area contributed by atoms with Crippen molar-refractivity contribution in [1.29, 1.82) is 0 Å². The van der Waals surface area contributed by atoms with E-state index in [-0.39, 0.29) is 34.0 Å². The van der Waals surface area contributed by atoms with Crippen molar-refractivity contribution in [2.24, 2.45) is 0 Å². The van der Waals surface area contributed by atoms with E-state index in [4.69, 9.17) is 14.2 Å². The first-order valence-electron chi connectivity index (χ1n) is 11.4. The van der Waals surface area contributed by atoms with E-state index in [1.807, 2.05) is 0 Å². The second kappa shape index (κ2) is 12.0. The van der Waals surface area contributed by atoms with E-state index in [0.29, 0.717) is 11.3 Å². The third-order valence-electron chi connectivity index (χ3n) is 5.46. The lowest BCUT2D eigenvalue weighted by Crippen LogP contribution is -2.40. The lowest BCUT2D eigenvalue weighted by atomic mass is 10.0. The van der Waals surface area contributed by atoms with E-state index in [0.717, 1.165) is 18.2 Å². The van der Waals surface area contributed by atoms with Crippen molar-refractivity contribution < 1.29 is 37.4 Å². The molecule has 11 heteroatoms. The van der Waals surface area contributed by atoms with Crippen molar-refractivity contribution in [2.75, 3.05) is 32.0 Å². The highest BCUT2D eigenvalue weighted by Gasteiger charge is 2.20. The molecule has 3 aromatic carbocycles. The molecule has 0 aliphatic heterocycles. The SMILES string of the molecule is COc1cc(C(=O)Nc2ccc(-c3cc(F)cc(F)c3)cc2NC(=O)[C@@H](C)NC(C)=O)cc(OC)c1OC. The molecule has 0 radical (unpaired) electrons. The van der Waals surface area contributed by atoms with Gasteiger partial charge in [0.05, 0.1) is 32.7 Å². The first-order chi connectivity index (χ1) is 18.1. The van der Waals surface area contributed by atoms with Crippen LogP contribution >= 0.6 is 0 Å². The average molecular weight is 528 g/mol. The predicted octanol–water partition coefficient (Wildman–Crippen LogP) is 4.37. The number of carbonyl (C=O) groups is 3. The van der Waals surface area contributed by atoms with Gasteiger partial charge in [0.2, 0.25) is 17.6 Å². The molecule has 0 heterocycles. The number of amides is 3. The number of ether oxygens (including phenoxy) is 3. The molecule has 0 fully saturated rings. The maximum Gasteiger partial charge on any atom is 0.255 e. The third-order valence-corrected chi connectivity index (χ3v) is 5.46. The number of hydrogen-bond acceptors (Lipinski definition) is 6. The van der Waals surface area contributed by atoms with E-state index < -0.39 is 35.4 Å². The van der Waals surface area contributed by atoms with Crippen LogP contribution < -0.4 is 30.2 Å². The Bertz CT molecular complexity index is 1330. The molecule has 0 saturated heterocycles. The van der Waals surface area contributed by atoms with E-state index in [2.05, 4.69) is 16.0 Å². The van der Waals surface area contributed by atoms with Crippen LogP contribution in [0.3, 0.4) is 0 Å². The van der Waals surface area contributed by atoms with E-state index in [1.54, 1.807) is 0 Å². The molecule has 38 heavy (non-hydrogen) atoms. The number of halogens is 2. The van der Waals surface area contributed by atoms with Crippen LogP contribution in [0.5, 0.6) is 17.2 Å². The molecule has 3 N–H and O–H groups in total. The Hall–Kier alpha value is -4.67. The van der Waals surface area contributed by atoms with E-state index in [1.165, 1.54) is 65.5 Å². The molecule has 0 aliphatic rings. The van der Waals surface area contributed by atoms with Gasteiger partial charge in [0.15, 0.2) is 11.5 Å². The summed E-state index contributed by atoms with van der Waals surface area (Å²) in [6, 6.07) is 9.50. The Morgan fingerprint density at radius 3 is 1.89 bits per heavy atom. The van der Waals surface area contributed by atoms with Gasteiger partial charge >= 0.3 is 0 Å². The molecule has 200 valence electrons. The number of anilines is 2. The molecule has 0 aliphatic carbocycles. The largest absolute Gasteiger partial charge is 0.493 e. The zero-order valence-electron chi connectivity index (χ0n) is 21.4. The molecular formula is C27H27F2N3O6. The molecule has 0 unspecified atom stereocenters. The summed E-state index contributed by atoms with van der Waals surface area (Å²) in [6.45, 7) is 2.75. The van der Waals surface area contributed by atoms with Gasteiger partial charge in [-0.15, -0.1) is 0 Å². The van der Waals surface area contributed by atoms with E-state index in [9.17, 15) is 23.2 Å². The summed E-state index contributed by atoms with van der Waals surface area (Å²) in [4.78, 5) is 37.3. The van der Waals surface area contributed by atoms with Crippen LogP contribution in [0.15, 0.2) is 48.5 Å². The summed E-state index contributed by atoms with van der Waals surface area (Å²) in [6.07, 6.45) is 0. The van der Waals surface area contributed by atoms with Gasteiger partial charge in [0.25, 0.3) is 5.91 Å². The zero-order chi connectivity index (χ0) is 28.0. The third kappa shape index (κ3) is 6.55. The summed E-state index contributed by atoms with van der Waals surface area (Å²) in [7, 11) is 4.26. The highest BCUT2D eigenvalue weighted by atomic mass is 19.1. The Balaban J connectivity index is 2.02. The Morgan fingerprint density at radius 1 is 0.763 bits per heavy atom. The van der Waals surface area contributed by atoms with Crippen molar-refractivity contribution in [3.8, 4) is 28.4 Å². The van der Waals surface area contributed by atoms with Crippen LogP contribution in [0.2, 0.25) is 0 Å². The predicted molar refractivity (Wildman–Crippen MR) is 138 cm³/mol. The van der Waals surface area contributed by atoms with Crippen molar-refractivity contribution in [2.45, 2.75) is 19.9 Å². The number of nitrogens with one attached hydrogen (secondary N) is 3. The van der Waals surface area contributed by atoms with Gasteiger partial charge in [-0.2, -0.15) is 0 Å². The normalized spacial score (nSPS) is 11.2. The standard InChI is InChI=1S/C27H27F2N3O6/c1-14(30-15(2)33)26(34)32-22-10-16(17-8-19(28)13-20(29)9-17)6-7-21(22)31-27(35)18-11-23(36-3)25(38-5)24(12-18)37-4/h6-14H,1-5H3,(H,30,33)(H,31,35)(H,32,34)/t14-/m1/s1. The highest BCUT2D eigenvalue weighted by Crippen LogP contribution is 2.38. The van der Waals surface area contributed by atoms with Crippen LogP contribution in [-0.2, 0) is 9.59 Å². The van der Waals surface area contributed by atoms with Gasteiger partial charge in [-0.1, -0.05) is 6.07 Å². The second-order valence-electron chi connectivity index (χ2n) is 8.20. The lowest BCUT2D eigenvalue weighted by Gasteiger charge is -2.18. The number of rotatable bonds is 9. The van der Waals surface area contributed by atoms with Gasteiger partial charge < -0.3 is 30.2 Å². The van der Waals surface area contributed by atoms with E-state index >= 15 is 0 Å². The quantitative estimate of drug-likeness (QED) is 0.381. The van der Waals surface area contributed by atoms with Crippen LogP contribution in [0.1, 0.15) is 24.2 Å². The molecule has 1 atom stereocenters. The number of carbonyl (C=O) groups excluding carboxylic acids is 3. The smallest absolute Gasteiger partial charge is 0.255 e. The fourth-order valence-corrected chi connectivity index (χ4v) is 3.67. The molecule has 3 rings (SSSR count). The minimum atomic E-state index is -0.901. The topological polar surface area (TPSA) is 115 Å². The first-order valence-corrected chi connectivity index (χ1v) is 11.4.